The maximum atomic E-state index is 13.2. The molecule has 0 saturated heterocycles. The van der Waals surface area contributed by atoms with Crippen molar-refractivity contribution in [2.75, 3.05) is 12.3 Å². The first-order valence-electron chi connectivity index (χ1n) is 11.0. The fourth-order valence-electron chi connectivity index (χ4n) is 3.70. The molecule has 0 N–H and O–H groups in total. The van der Waals surface area contributed by atoms with E-state index in [0.29, 0.717) is 18.8 Å². The number of thioether (sulfide) groups is 1. The number of carbonyl (C=O) groups is 1. The molecule has 0 saturated carbocycles. The first kappa shape index (κ1) is 22.8. The van der Waals surface area contributed by atoms with Crippen molar-refractivity contribution >= 4 is 17.7 Å². The minimum absolute atomic E-state index is 0.0971. The zero-order valence-corrected chi connectivity index (χ0v) is 19.8. The summed E-state index contributed by atoms with van der Waals surface area (Å²) in [5, 5.41) is 9.44. The quantitative estimate of drug-likeness (QED) is 0.327. The SMILES string of the molecule is Cc1cccc(-c2nnc(SCC(=O)N(CCc3ccccc3)Cc3ccccc3)n2C)c1. The molecular formula is C27H28N4OS. The molecule has 0 atom stereocenters. The summed E-state index contributed by atoms with van der Waals surface area (Å²) in [7, 11) is 1.95. The van der Waals surface area contributed by atoms with Crippen LogP contribution in [0.25, 0.3) is 11.4 Å². The third-order valence-electron chi connectivity index (χ3n) is 5.52. The summed E-state index contributed by atoms with van der Waals surface area (Å²) in [6.07, 6.45) is 0.825. The van der Waals surface area contributed by atoms with E-state index in [1.807, 2.05) is 65.0 Å². The van der Waals surface area contributed by atoms with Crippen molar-refractivity contribution in [3.63, 3.8) is 0 Å². The van der Waals surface area contributed by atoms with Crippen LogP contribution in [0.15, 0.2) is 90.1 Å². The van der Waals surface area contributed by atoms with Crippen molar-refractivity contribution in [2.45, 2.75) is 25.0 Å². The van der Waals surface area contributed by atoms with Gasteiger partial charge in [0.05, 0.1) is 5.75 Å². The van der Waals surface area contributed by atoms with Crippen LogP contribution in [0.1, 0.15) is 16.7 Å². The Kier molecular flexibility index (Phi) is 7.58. The van der Waals surface area contributed by atoms with Gasteiger partial charge in [0.2, 0.25) is 5.91 Å². The monoisotopic (exact) mass is 456 g/mol. The molecule has 168 valence electrons. The third kappa shape index (κ3) is 6.11. The van der Waals surface area contributed by atoms with Crippen LogP contribution in [0.2, 0.25) is 0 Å². The minimum Gasteiger partial charge on any atom is -0.337 e. The number of carbonyl (C=O) groups excluding carboxylic acids is 1. The fraction of sp³-hybridized carbons (Fsp3) is 0.222. The number of aryl methyl sites for hydroxylation is 1. The highest BCUT2D eigenvalue weighted by Gasteiger charge is 2.17. The highest BCUT2D eigenvalue weighted by Crippen LogP contribution is 2.23. The molecule has 0 bridgehead atoms. The first-order chi connectivity index (χ1) is 16.1. The van der Waals surface area contributed by atoms with Gasteiger partial charge >= 0.3 is 0 Å². The van der Waals surface area contributed by atoms with Gasteiger partial charge in [0.15, 0.2) is 11.0 Å². The van der Waals surface area contributed by atoms with Gasteiger partial charge < -0.3 is 9.47 Å². The van der Waals surface area contributed by atoms with E-state index >= 15 is 0 Å². The standard InChI is InChI=1S/C27H28N4OS/c1-21-10-9-15-24(18-21)26-28-29-27(30(26)2)33-20-25(32)31(19-23-13-7-4-8-14-23)17-16-22-11-5-3-6-12-22/h3-15,18H,16-17,19-20H2,1-2H3. The van der Waals surface area contributed by atoms with Crippen LogP contribution in [0, 0.1) is 6.92 Å². The molecule has 0 unspecified atom stereocenters. The number of benzene rings is 3. The third-order valence-corrected chi connectivity index (χ3v) is 6.52. The number of rotatable bonds is 9. The van der Waals surface area contributed by atoms with Crippen LogP contribution in [0.5, 0.6) is 0 Å². The molecule has 1 heterocycles. The van der Waals surface area contributed by atoms with Gasteiger partial charge in [-0.3, -0.25) is 4.79 Å². The second-order valence-corrected chi connectivity index (χ2v) is 9.00. The van der Waals surface area contributed by atoms with Gasteiger partial charge in [-0.1, -0.05) is 96.2 Å². The van der Waals surface area contributed by atoms with Crippen molar-refractivity contribution in [2.24, 2.45) is 7.05 Å². The molecule has 3 aromatic carbocycles. The maximum Gasteiger partial charge on any atom is 0.233 e. The van der Waals surface area contributed by atoms with Crippen molar-refractivity contribution in [3.8, 4) is 11.4 Å². The minimum atomic E-state index is 0.0971. The van der Waals surface area contributed by atoms with E-state index in [1.54, 1.807) is 0 Å². The number of amides is 1. The second-order valence-electron chi connectivity index (χ2n) is 8.06. The molecule has 0 aliphatic heterocycles. The molecule has 0 aliphatic rings. The Morgan fingerprint density at radius 3 is 2.30 bits per heavy atom. The zero-order chi connectivity index (χ0) is 23.0. The topological polar surface area (TPSA) is 51.0 Å². The highest BCUT2D eigenvalue weighted by atomic mass is 32.2. The van der Waals surface area contributed by atoms with E-state index in [0.717, 1.165) is 28.5 Å². The predicted molar refractivity (Wildman–Crippen MR) is 134 cm³/mol. The fourth-order valence-corrected chi connectivity index (χ4v) is 4.51. The first-order valence-corrected chi connectivity index (χ1v) is 12.0. The van der Waals surface area contributed by atoms with Gasteiger partial charge in [0.1, 0.15) is 0 Å². The van der Waals surface area contributed by atoms with Crippen molar-refractivity contribution in [3.05, 3.63) is 102 Å². The van der Waals surface area contributed by atoms with E-state index in [2.05, 4.69) is 53.5 Å². The Morgan fingerprint density at radius 2 is 1.61 bits per heavy atom. The second kappa shape index (κ2) is 11.0. The molecule has 4 aromatic rings. The molecule has 1 aromatic heterocycles. The van der Waals surface area contributed by atoms with Crippen molar-refractivity contribution < 1.29 is 4.79 Å². The van der Waals surface area contributed by atoms with E-state index in [4.69, 9.17) is 0 Å². The summed E-state index contributed by atoms with van der Waals surface area (Å²) in [5.74, 6) is 1.22. The largest absolute Gasteiger partial charge is 0.337 e. The molecule has 6 heteroatoms. The summed E-state index contributed by atoms with van der Waals surface area (Å²) in [6.45, 7) is 3.33. The summed E-state index contributed by atoms with van der Waals surface area (Å²) in [6, 6.07) is 28.6. The normalized spacial score (nSPS) is 10.8. The average molecular weight is 457 g/mol. The lowest BCUT2D eigenvalue weighted by molar-refractivity contribution is -0.128. The highest BCUT2D eigenvalue weighted by molar-refractivity contribution is 7.99. The lowest BCUT2D eigenvalue weighted by Crippen LogP contribution is -2.34. The van der Waals surface area contributed by atoms with E-state index in [-0.39, 0.29) is 5.91 Å². The summed E-state index contributed by atoms with van der Waals surface area (Å²) >= 11 is 1.43. The van der Waals surface area contributed by atoms with Gasteiger partial charge in [0.25, 0.3) is 0 Å². The van der Waals surface area contributed by atoms with Crippen LogP contribution in [0.4, 0.5) is 0 Å². The molecule has 0 radical (unpaired) electrons. The van der Waals surface area contributed by atoms with E-state index < -0.39 is 0 Å². The molecule has 4 rings (SSSR count). The van der Waals surface area contributed by atoms with Crippen LogP contribution in [-0.2, 0) is 24.8 Å². The lowest BCUT2D eigenvalue weighted by atomic mass is 10.1. The van der Waals surface area contributed by atoms with Crippen molar-refractivity contribution in [1.82, 2.24) is 19.7 Å². The smallest absolute Gasteiger partial charge is 0.233 e. The summed E-state index contributed by atoms with van der Waals surface area (Å²) in [4.78, 5) is 15.2. The molecule has 33 heavy (non-hydrogen) atoms. The van der Waals surface area contributed by atoms with Crippen LogP contribution >= 0.6 is 11.8 Å². The van der Waals surface area contributed by atoms with Crippen LogP contribution < -0.4 is 0 Å². The summed E-state index contributed by atoms with van der Waals surface area (Å²) in [5.41, 5.74) is 4.56. The Hall–Kier alpha value is -3.38. The number of hydrogen-bond donors (Lipinski definition) is 0. The van der Waals surface area contributed by atoms with Gasteiger partial charge in [-0.25, -0.2) is 0 Å². The lowest BCUT2D eigenvalue weighted by Gasteiger charge is -2.23. The summed E-state index contributed by atoms with van der Waals surface area (Å²) < 4.78 is 1.96. The molecule has 0 fully saturated rings. The molecule has 0 aliphatic carbocycles. The Labute approximate surface area is 199 Å². The van der Waals surface area contributed by atoms with E-state index in [9.17, 15) is 4.79 Å². The van der Waals surface area contributed by atoms with Gasteiger partial charge in [-0.05, 0) is 30.5 Å². The van der Waals surface area contributed by atoms with Gasteiger partial charge in [-0.15, -0.1) is 10.2 Å². The Balaban J connectivity index is 1.44. The van der Waals surface area contributed by atoms with E-state index in [1.165, 1.54) is 22.9 Å². The van der Waals surface area contributed by atoms with Gasteiger partial charge in [-0.2, -0.15) is 0 Å². The molecule has 1 amide bonds. The average Bonchev–Trinajstić information content (AvgIpc) is 3.21. The van der Waals surface area contributed by atoms with Crippen LogP contribution in [0.3, 0.4) is 0 Å². The maximum absolute atomic E-state index is 13.2. The van der Waals surface area contributed by atoms with Crippen LogP contribution in [-0.4, -0.2) is 37.9 Å². The molecular weight excluding hydrogens is 428 g/mol. The molecule has 0 spiro atoms. The number of aromatic nitrogens is 3. The number of nitrogens with zero attached hydrogens (tertiary/aromatic N) is 4. The molecule has 5 nitrogen and oxygen atoms in total. The Bertz CT molecular complexity index is 1190. The van der Waals surface area contributed by atoms with Gasteiger partial charge in [0, 0.05) is 25.7 Å². The number of hydrogen-bond acceptors (Lipinski definition) is 4. The predicted octanol–water partition coefficient (Wildman–Crippen LogP) is 5.15. The zero-order valence-electron chi connectivity index (χ0n) is 19.0. The van der Waals surface area contributed by atoms with Crippen molar-refractivity contribution in [1.29, 1.82) is 0 Å². The Morgan fingerprint density at radius 1 is 0.909 bits per heavy atom.